The summed E-state index contributed by atoms with van der Waals surface area (Å²) in [7, 11) is 0. The molecule has 0 aliphatic heterocycles. The molecule has 0 atom stereocenters. The van der Waals surface area contributed by atoms with Crippen molar-refractivity contribution in [2.45, 2.75) is 6.42 Å². The SMILES string of the molecule is NCCCNC=S. The fourth-order valence-corrected chi connectivity index (χ4v) is 0.381. The molecule has 2 nitrogen and oxygen atoms in total. The van der Waals surface area contributed by atoms with Gasteiger partial charge in [-0.3, -0.25) is 0 Å². The first kappa shape index (κ1) is 6.85. The van der Waals surface area contributed by atoms with Gasteiger partial charge in [-0.1, -0.05) is 12.2 Å². The zero-order valence-electron chi connectivity index (χ0n) is 4.18. The van der Waals surface area contributed by atoms with E-state index in [0.29, 0.717) is 0 Å². The van der Waals surface area contributed by atoms with Gasteiger partial charge in [0.05, 0.1) is 5.49 Å². The highest BCUT2D eigenvalue weighted by Gasteiger charge is 1.75. The second-order valence-corrected chi connectivity index (χ2v) is 1.45. The smallest absolute Gasteiger partial charge is 0.0614 e. The molecule has 7 heavy (non-hydrogen) atoms. The third-order valence-corrected chi connectivity index (χ3v) is 0.775. The van der Waals surface area contributed by atoms with Crippen LogP contribution in [0.3, 0.4) is 0 Å². The lowest BCUT2D eigenvalue weighted by molar-refractivity contribution is 0.795. The van der Waals surface area contributed by atoms with Gasteiger partial charge in [-0.25, -0.2) is 0 Å². The molecular weight excluding hydrogens is 108 g/mol. The van der Waals surface area contributed by atoms with Crippen LogP contribution in [0.15, 0.2) is 0 Å². The lowest BCUT2D eigenvalue weighted by Gasteiger charge is -1.92. The molecule has 0 aliphatic rings. The average Bonchev–Trinajstić information content (AvgIpc) is 1.69. The third kappa shape index (κ3) is 5.85. The van der Waals surface area contributed by atoms with Crippen LogP contribution < -0.4 is 11.1 Å². The Bertz CT molecular complexity index is 47.0. The maximum Gasteiger partial charge on any atom is 0.0614 e. The zero-order chi connectivity index (χ0) is 5.54. The zero-order valence-corrected chi connectivity index (χ0v) is 5.00. The molecule has 0 amide bonds. The summed E-state index contributed by atoms with van der Waals surface area (Å²) in [6.07, 6.45) is 0.993. The maximum absolute atomic E-state index is 5.18. The monoisotopic (exact) mass is 118 g/mol. The molecule has 0 heterocycles. The van der Waals surface area contributed by atoms with Crippen LogP contribution in [0.1, 0.15) is 6.42 Å². The molecule has 0 aromatic heterocycles. The van der Waals surface area contributed by atoms with Crippen LogP contribution >= 0.6 is 12.2 Å². The highest BCUT2D eigenvalue weighted by atomic mass is 32.1. The van der Waals surface area contributed by atoms with Gasteiger partial charge in [-0.05, 0) is 13.0 Å². The van der Waals surface area contributed by atoms with E-state index in [9.17, 15) is 0 Å². The van der Waals surface area contributed by atoms with E-state index >= 15 is 0 Å². The molecule has 0 aliphatic carbocycles. The van der Waals surface area contributed by atoms with E-state index in [1.54, 1.807) is 0 Å². The van der Waals surface area contributed by atoms with Gasteiger partial charge >= 0.3 is 0 Å². The number of nitrogens with one attached hydrogen (secondary N) is 1. The highest BCUT2D eigenvalue weighted by Crippen LogP contribution is 1.64. The van der Waals surface area contributed by atoms with Crippen molar-refractivity contribution in [1.29, 1.82) is 0 Å². The lowest BCUT2D eigenvalue weighted by atomic mass is 10.4. The third-order valence-electron chi connectivity index (χ3n) is 0.609. The van der Waals surface area contributed by atoms with Gasteiger partial charge in [0, 0.05) is 6.54 Å². The summed E-state index contributed by atoms with van der Waals surface area (Å²) in [5, 5.41) is 2.86. The molecule has 3 heteroatoms. The second-order valence-electron chi connectivity index (χ2n) is 1.21. The van der Waals surface area contributed by atoms with E-state index in [0.717, 1.165) is 19.5 Å². The number of rotatable bonds is 4. The molecule has 0 saturated heterocycles. The van der Waals surface area contributed by atoms with Crippen molar-refractivity contribution < 1.29 is 0 Å². The van der Waals surface area contributed by atoms with Gasteiger partial charge in [0.2, 0.25) is 0 Å². The second kappa shape index (κ2) is 5.85. The van der Waals surface area contributed by atoms with Crippen molar-refractivity contribution in [3.05, 3.63) is 0 Å². The van der Waals surface area contributed by atoms with Crippen LogP contribution in [-0.4, -0.2) is 18.6 Å². The molecule has 0 aromatic rings. The van der Waals surface area contributed by atoms with E-state index in [1.807, 2.05) is 0 Å². The fourth-order valence-electron chi connectivity index (χ4n) is 0.263. The molecule has 0 fully saturated rings. The largest absolute Gasteiger partial charge is 0.382 e. The van der Waals surface area contributed by atoms with Crippen LogP contribution in [0.25, 0.3) is 0 Å². The Balaban J connectivity index is 2.56. The topological polar surface area (TPSA) is 38.0 Å². The van der Waals surface area contributed by atoms with E-state index in [-0.39, 0.29) is 0 Å². The van der Waals surface area contributed by atoms with Crippen molar-refractivity contribution in [2.75, 3.05) is 13.1 Å². The standard InChI is InChI=1S/C4H10N2S/c5-2-1-3-6-4-7/h4H,1-3,5H2,(H,6,7). The Labute approximate surface area is 49.1 Å². The molecule has 0 unspecified atom stereocenters. The van der Waals surface area contributed by atoms with Gasteiger partial charge in [-0.15, -0.1) is 0 Å². The number of nitrogens with two attached hydrogens (primary N) is 1. The predicted octanol–water partition coefficient (Wildman–Crippen LogP) is -0.118. The Morgan fingerprint density at radius 1 is 1.71 bits per heavy atom. The minimum absolute atomic E-state index is 0.732. The van der Waals surface area contributed by atoms with Crippen LogP contribution in [0, 0.1) is 0 Å². The maximum atomic E-state index is 5.18. The molecule has 0 spiro atoms. The fraction of sp³-hybridized carbons (Fsp3) is 0.750. The first-order chi connectivity index (χ1) is 3.41. The number of hydrogen-bond acceptors (Lipinski definition) is 2. The summed E-state index contributed by atoms with van der Waals surface area (Å²) < 4.78 is 0. The predicted molar refractivity (Wildman–Crippen MR) is 35.3 cm³/mol. The van der Waals surface area contributed by atoms with E-state index in [1.165, 1.54) is 5.49 Å². The summed E-state index contributed by atoms with van der Waals surface area (Å²) in [5.74, 6) is 0. The molecule has 0 bridgehead atoms. The first-order valence-electron chi connectivity index (χ1n) is 2.29. The van der Waals surface area contributed by atoms with Crippen LogP contribution in [0.4, 0.5) is 0 Å². The summed E-state index contributed by atoms with van der Waals surface area (Å²) >= 11 is 4.49. The molecule has 3 N–H and O–H groups in total. The van der Waals surface area contributed by atoms with Gasteiger partial charge in [-0.2, -0.15) is 0 Å². The number of thiocarbonyl (C=S) groups is 1. The minimum atomic E-state index is 0.732. The molecular formula is C4H10N2S. The average molecular weight is 118 g/mol. The lowest BCUT2D eigenvalue weighted by Crippen LogP contribution is -2.14. The molecule has 0 radical (unpaired) electrons. The van der Waals surface area contributed by atoms with Gasteiger partial charge < -0.3 is 11.1 Å². The van der Waals surface area contributed by atoms with Gasteiger partial charge in [0.1, 0.15) is 0 Å². The van der Waals surface area contributed by atoms with Gasteiger partial charge in [0.15, 0.2) is 0 Å². The van der Waals surface area contributed by atoms with Crippen LogP contribution in [-0.2, 0) is 0 Å². The quantitative estimate of drug-likeness (QED) is 0.399. The number of hydrogen-bond donors (Lipinski definition) is 2. The Morgan fingerprint density at radius 3 is 2.86 bits per heavy atom. The summed E-state index contributed by atoms with van der Waals surface area (Å²) in [6, 6.07) is 0. The molecule has 0 rings (SSSR count). The van der Waals surface area contributed by atoms with Crippen LogP contribution in [0.2, 0.25) is 0 Å². The van der Waals surface area contributed by atoms with E-state index < -0.39 is 0 Å². The molecule has 0 saturated carbocycles. The van der Waals surface area contributed by atoms with Crippen molar-refractivity contribution in [1.82, 2.24) is 5.32 Å². The highest BCUT2D eigenvalue weighted by molar-refractivity contribution is 7.78. The normalized spacial score (nSPS) is 8.14. The minimum Gasteiger partial charge on any atom is -0.382 e. The summed E-state index contributed by atoms with van der Waals surface area (Å²) in [4.78, 5) is 0. The Hall–Kier alpha value is -0.150. The first-order valence-corrected chi connectivity index (χ1v) is 2.76. The summed E-state index contributed by atoms with van der Waals surface area (Å²) in [5.41, 5.74) is 6.69. The van der Waals surface area contributed by atoms with E-state index in [2.05, 4.69) is 17.5 Å². The Kier molecular flexibility index (Phi) is 5.72. The summed E-state index contributed by atoms with van der Waals surface area (Å²) in [6.45, 7) is 1.64. The van der Waals surface area contributed by atoms with E-state index in [4.69, 9.17) is 5.73 Å². The van der Waals surface area contributed by atoms with Crippen LogP contribution in [0.5, 0.6) is 0 Å². The van der Waals surface area contributed by atoms with Crippen molar-refractivity contribution in [3.8, 4) is 0 Å². The molecule has 0 aromatic carbocycles. The molecule has 42 valence electrons. The van der Waals surface area contributed by atoms with Crippen molar-refractivity contribution in [2.24, 2.45) is 5.73 Å². The Morgan fingerprint density at radius 2 is 2.43 bits per heavy atom. The van der Waals surface area contributed by atoms with Gasteiger partial charge in [0.25, 0.3) is 0 Å². The van der Waals surface area contributed by atoms with Crippen molar-refractivity contribution in [3.63, 3.8) is 0 Å². The van der Waals surface area contributed by atoms with Crippen molar-refractivity contribution >= 4 is 17.7 Å².